The third-order valence-corrected chi connectivity index (χ3v) is 4.87. The first-order valence-corrected chi connectivity index (χ1v) is 9.71. The van der Waals surface area contributed by atoms with Gasteiger partial charge in [0.15, 0.2) is 0 Å². The summed E-state index contributed by atoms with van der Waals surface area (Å²) in [5, 5.41) is 7.34. The van der Waals surface area contributed by atoms with Gasteiger partial charge >= 0.3 is 0 Å². The Morgan fingerprint density at radius 3 is 2.75 bits per heavy atom. The minimum absolute atomic E-state index is 0.0370. The SMILES string of the molecule is Cc1nn(-c2ccccc2)cc1CCCNC(=O)c1cccnc1SC(F)F. The van der Waals surface area contributed by atoms with E-state index in [2.05, 4.69) is 15.4 Å². The molecule has 3 aromatic rings. The van der Waals surface area contributed by atoms with Gasteiger partial charge in [-0.1, -0.05) is 18.2 Å². The highest BCUT2D eigenvalue weighted by atomic mass is 32.2. The van der Waals surface area contributed by atoms with Crippen molar-refractivity contribution in [3.05, 3.63) is 71.7 Å². The molecule has 5 nitrogen and oxygen atoms in total. The number of rotatable bonds is 8. The van der Waals surface area contributed by atoms with Crippen molar-refractivity contribution in [1.29, 1.82) is 0 Å². The van der Waals surface area contributed by atoms with Gasteiger partial charge < -0.3 is 5.32 Å². The molecule has 146 valence electrons. The molecule has 0 bridgehead atoms. The van der Waals surface area contributed by atoms with Gasteiger partial charge in [-0.25, -0.2) is 9.67 Å². The van der Waals surface area contributed by atoms with Crippen molar-refractivity contribution in [2.45, 2.75) is 30.5 Å². The van der Waals surface area contributed by atoms with Crippen LogP contribution in [0.2, 0.25) is 0 Å². The van der Waals surface area contributed by atoms with Crippen LogP contribution in [0.5, 0.6) is 0 Å². The zero-order valence-electron chi connectivity index (χ0n) is 15.3. The van der Waals surface area contributed by atoms with Gasteiger partial charge in [-0.3, -0.25) is 4.79 Å². The molecule has 1 aromatic carbocycles. The molecule has 0 aliphatic carbocycles. The highest BCUT2D eigenvalue weighted by molar-refractivity contribution is 7.99. The Morgan fingerprint density at radius 1 is 1.21 bits per heavy atom. The average molecular weight is 402 g/mol. The van der Waals surface area contributed by atoms with E-state index in [1.165, 1.54) is 12.3 Å². The number of pyridine rings is 1. The third kappa shape index (κ3) is 5.16. The van der Waals surface area contributed by atoms with Crippen LogP contribution in [0, 0.1) is 6.92 Å². The molecule has 0 fully saturated rings. The number of alkyl halides is 2. The molecule has 0 saturated heterocycles. The predicted molar refractivity (Wildman–Crippen MR) is 105 cm³/mol. The molecule has 2 aromatic heterocycles. The number of carbonyl (C=O) groups excluding carboxylic acids is 1. The van der Waals surface area contributed by atoms with Crippen LogP contribution in [0.25, 0.3) is 5.69 Å². The molecule has 0 spiro atoms. The molecule has 0 atom stereocenters. The monoisotopic (exact) mass is 402 g/mol. The second-order valence-electron chi connectivity index (χ2n) is 6.11. The first kappa shape index (κ1) is 20.0. The fourth-order valence-electron chi connectivity index (χ4n) is 2.77. The number of nitrogens with one attached hydrogen (secondary N) is 1. The van der Waals surface area contributed by atoms with Gasteiger partial charge in [0, 0.05) is 18.9 Å². The van der Waals surface area contributed by atoms with Crippen molar-refractivity contribution in [3.63, 3.8) is 0 Å². The number of amides is 1. The molecule has 8 heteroatoms. The van der Waals surface area contributed by atoms with Gasteiger partial charge in [-0.2, -0.15) is 13.9 Å². The molecule has 1 amide bonds. The lowest BCUT2D eigenvalue weighted by Crippen LogP contribution is -2.25. The van der Waals surface area contributed by atoms with Crippen LogP contribution in [0.4, 0.5) is 8.78 Å². The van der Waals surface area contributed by atoms with Crippen molar-refractivity contribution in [3.8, 4) is 5.69 Å². The zero-order valence-corrected chi connectivity index (χ0v) is 16.1. The summed E-state index contributed by atoms with van der Waals surface area (Å²) >= 11 is 0.276. The highest BCUT2D eigenvalue weighted by Crippen LogP contribution is 2.26. The second-order valence-corrected chi connectivity index (χ2v) is 7.09. The molecule has 1 N–H and O–H groups in total. The summed E-state index contributed by atoms with van der Waals surface area (Å²) < 4.78 is 27.0. The Labute approximate surface area is 166 Å². The molecule has 0 aliphatic heterocycles. The van der Waals surface area contributed by atoms with Gasteiger partial charge in [0.1, 0.15) is 5.03 Å². The topological polar surface area (TPSA) is 59.8 Å². The first-order valence-electron chi connectivity index (χ1n) is 8.83. The number of halogens is 2. The summed E-state index contributed by atoms with van der Waals surface area (Å²) in [6.45, 7) is 2.39. The van der Waals surface area contributed by atoms with Crippen LogP contribution in [0.1, 0.15) is 28.0 Å². The summed E-state index contributed by atoms with van der Waals surface area (Å²) in [5.74, 6) is -3.02. The van der Waals surface area contributed by atoms with Crippen molar-refractivity contribution < 1.29 is 13.6 Å². The highest BCUT2D eigenvalue weighted by Gasteiger charge is 2.16. The van der Waals surface area contributed by atoms with E-state index in [-0.39, 0.29) is 22.4 Å². The van der Waals surface area contributed by atoms with E-state index in [1.54, 1.807) is 6.07 Å². The van der Waals surface area contributed by atoms with Crippen LogP contribution in [-0.2, 0) is 6.42 Å². The van der Waals surface area contributed by atoms with Gasteiger partial charge in [0.25, 0.3) is 11.7 Å². The number of thioether (sulfide) groups is 1. The minimum atomic E-state index is -2.62. The molecule has 0 aliphatic rings. The van der Waals surface area contributed by atoms with E-state index in [0.29, 0.717) is 13.0 Å². The predicted octanol–water partition coefficient (Wildman–Crippen LogP) is 4.25. The molecule has 0 saturated carbocycles. The summed E-state index contributed by atoms with van der Waals surface area (Å²) in [6.07, 6.45) is 4.86. The Bertz CT molecular complexity index is 931. The normalized spacial score (nSPS) is 11.0. The van der Waals surface area contributed by atoms with Crippen LogP contribution < -0.4 is 5.32 Å². The Balaban J connectivity index is 1.54. The van der Waals surface area contributed by atoms with E-state index in [9.17, 15) is 13.6 Å². The second kappa shape index (κ2) is 9.45. The number of aryl methyl sites for hydroxylation is 2. The van der Waals surface area contributed by atoms with Gasteiger partial charge in [0.2, 0.25) is 0 Å². The smallest absolute Gasteiger partial charge is 0.290 e. The molecule has 0 unspecified atom stereocenters. The van der Waals surface area contributed by atoms with Crippen molar-refractivity contribution in [2.24, 2.45) is 0 Å². The lowest BCUT2D eigenvalue weighted by Gasteiger charge is -2.08. The number of para-hydroxylation sites is 1. The third-order valence-electron chi connectivity index (χ3n) is 4.15. The first-order chi connectivity index (χ1) is 13.5. The molecule has 28 heavy (non-hydrogen) atoms. The van der Waals surface area contributed by atoms with Crippen LogP contribution in [-0.4, -0.2) is 33.0 Å². The quantitative estimate of drug-likeness (QED) is 0.452. The number of hydrogen-bond acceptors (Lipinski definition) is 4. The molecule has 0 radical (unpaired) electrons. The van der Waals surface area contributed by atoms with Crippen LogP contribution in [0.3, 0.4) is 0 Å². The minimum Gasteiger partial charge on any atom is -0.352 e. The van der Waals surface area contributed by atoms with Crippen LogP contribution in [0.15, 0.2) is 59.9 Å². The van der Waals surface area contributed by atoms with Crippen molar-refractivity contribution in [1.82, 2.24) is 20.1 Å². The molecule has 3 rings (SSSR count). The molecular formula is C20H20F2N4OS. The number of hydrogen-bond donors (Lipinski definition) is 1. The van der Waals surface area contributed by atoms with E-state index in [1.807, 2.05) is 48.1 Å². The lowest BCUT2D eigenvalue weighted by atomic mass is 10.1. The number of carbonyl (C=O) groups is 1. The van der Waals surface area contributed by atoms with Gasteiger partial charge in [0.05, 0.1) is 16.9 Å². The van der Waals surface area contributed by atoms with Crippen LogP contribution >= 0.6 is 11.8 Å². The van der Waals surface area contributed by atoms with Crippen molar-refractivity contribution in [2.75, 3.05) is 6.54 Å². The number of benzene rings is 1. The van der Waals surface area contributed by atoms with Gasteiger partial charge in [-0.05, 0) is 61.4 Å². The summed E-state index contributed by atoms with van der Waals surface area (Å²) in [6, 6.07) is 12.9. The number of nitrogens with zero attached hydrogens (tertiary/aromatic N) is 3. The summed E-state index contributed by atoms with van der Waals surface area (Å²) in [5.41, 5.74) is 3.21. The fraction of sp³-hybridized carbons (Fsp3) is 0.250. The van der Waals surface area contributed by atoms with E-state index in [4.69, 9.17) is 0 Å². The molecule has 2 heterocycles. The fourth-order valence-corrected chi connectivity index (χ4v) is 3.35. The average Bonchev–Trinajstić information content (AvgIpc) is 3.06. The Morgan fingerprint density at radius 2 is 2.00 bits per heavy atom. The largest absolute Gasteiger partial charge is 0.352 e. The molecular weight excluding hydrogens is 382 g/mol. The Hall–Kier alpha value is -2.74. The summed E-state index contributed by atoms with van der Waals surface area (Å²) in [7, 11) is 0. The lowest BCUT2D eigenvalue weighted by molar-refractivity contribution is 0.0949. The maximum Gasteiger partial charge on any atom is 0.290 e. The Kier molecular flexibility index (Phi) is 6.76. The zero-order chi connectivity index (χ0) is 19.9. The maximum atomic E-state index is 12.6. The van der Waals surface area contributed by atoms with E-state index in [0.717, 1.165) is 23.4 Å². The van der Waals surface area contributed by atoms with E-state index >= 15 is 0 Å². The number of aromatic nitrogens is 3. The van der Waals surface area contributed by atoms with Gasteiger partial charge in [-0.15, -0.1) is 0 Å². The van der Waals surface area contributed by atoms with Crippen molar-refractivity contribution >= 4 is 17.7 Å². The van der Waals surface area contributed by atoms with E-state index < -0.39 is 11.7 Å². The standard InChI is InChI=1S/C20H20F2N4OS/c1-14-15(13-26(25-14)16-8-3-2-4-9-16)7-5-11-23-18(27)17-10-6-12-24-19(17)28-20(21)22/h2-4,6,8-10,12-13,20H,5,7,11H2,1H3,(H,23,27). The summed E-state index contributed by atoms with van der Waals surface area (Å²) in [4.78, 5) is 16.2. The maximum absolute atomic E-state index is 12.6.